The monoisotopic (exact) mass is 153 g/mol. The molecule has 2 aliphatic heterocycles. The molecule has 2 heterocycles. The van der Waals surface area contributed by atoms with Gasteiger partial charge in [0.2, 0.25) is 0 Å². The Morgan fingerprint density at radius 3 is 2.91 bits per heavy atom. The van der Waals surface area contributed by atoms with Gasteiger partial charge in [0.05, 0.1) is 0 Å². The number of nitrogens with zero attached hydrogens (tertiary/aromatic N) is 1. The quantitative estimate of drug-likeness (QED) is 0.516. The molecule has 2 saturated heterocycles. The third kappa shape index (κ3) is 1.20. The van der Waals surface area contributed by atoms with E-state index >= 15 is 0 Å². The maximum absolute atomic E-state index is 2.71. The van der Waals surface area contributed by atoms with Crippen LogP contribution in [-0.2, 0) is 0 Å². The van der Waals surface area contributed by atoms with Gasteiger partial charge in [-0.2, -0.15) is 0 Å². The summed E-state index contributed by atoms with van der Waals surface area (Å²) in [6.45, 7) is 7.57. The summed E-state index contributed by atoms with van der Waals surface area (Å²) in [6, 6.07) is 0. The SMILES string of the molecule is CC1CN2CCCCC2(C)C1. The van der Waals surface area contributed by atoms with E-state index in [0.717, 1.165) is 5.92 Å². The Hall–Kier alpha value is -0.0400. The van der Waals surface area contributed by atoms with Crippen LogP contribution in [0.15, 0.2) is 0 Å². The van der Waals surface area contributed by atoms with Gasteiger partial charge in [-0.1, -0.05) is 13.3 Å². The van der Waals surface area contributed by atoms with E-state index in [1.807, 2.05) is 0 Å². The molecule has 2 fully saturated rings. The van der Waals surface area contributed by atoms with Crippen molar-refractivity contribution >= 4 is 0 Å². The van der Waals surface area contributed by atoms with Gasteiger partial charge in [0.15, 0.2) is 0 Å². The molecular weight excluding hydrogens is 134 g/mol. The van der Waals surface area contributed by atoms with Gasteiger partial charge in [-0.3, -0.25) is 4.90 Å². The van der Waals surface area contributed by atoms with Crippen molar-refractivity contribution < 1.29 is 0 Å². The predicted octanol–water partition coefficient (Wildman–Crippen LogP) is 2.27. The van der Waals surface area contributed by atoms with Crippen molar-refractivity contribution in [3.05, 3.63) is 0 Å². The molecule has 1 nitrogen and oxygen atoms in total. The van der Waals surface area contributed by atoms with Crippen molar-refractivity contribution in [1.82, 2.24) is 4.90 Å². The van der Waals surface area contributed by atoms with E-state index in [-0.39, 0.29) is 0 Å². The molecule has 0 radical (unpaired) electrons. The van der Waals surface area contributed by atoms with Gasteiger partial charge in [0.25, 0.3) is 0 Å². The molecule has 0 saturated carbocycles. The predicted molar refractivity (Wildman–Crippen MR) is 47.6 cm³/mol. The highest BCUT2D eigenvalue weighted by molar-refractivity contribution is 4.96. The average molecular weight is 153 g/mol. The van der Waals surface area contributed by atoms with Crippen LogP contribution in [-0.4, -0.2) is 23.5 Å². The molecule has 2 atom stereocenters. The largest absolute Gasteiger partial charge is 0.298 e. The van der Waals surface area contributed by atoms with Gasteiger partial charge in [-0.25, -0.2) is 0 Å². The molecule has 0 aromatic carbocycles. The summed E-state index contributed by atoms with van der Waals surface area (Å²) in [4.78, 5) is 2.71. The molecule has 2 rings (SSSR count). The topological polar surface area (TPSA) is 3.24 Å². The van der Waals surface area contributed by atoms with Crippen LogP contribution in [0.1, 0.15) is 39.5 Å². The number of piperidine rings is 1. The molecule has 0 aromatic rings. The van der Waals surface area contributed by atoms with Crippen molar-refractivity contribution in [3.8, 4) is 0 Å². The van der Waals surface area contributed by atoms with Crippen molar-refractivity contribution in [2.45, 2.75) is 45.1 Å². The summed E-state index contributed by atoms with van der Waals surface area (Å²) in [5.74, 6) is 0.943. The lowest BCUT2D eigenvalue weighted by atomic mass is 9.87. The minimum Gasteiger partial charge on any atom is -0.298 e. The maximum Gasteiger partial charge on any atom is 0.0184 e. The van der Waals surface area contributed by atoms with Gasteiger partial charge in [-0.05, 0) is 38.6 Å². The van der Waals surface area contributed by atoms with Gasteiger partial charge in [-0.15, -0.1) is 0 Å². The highest BCUT2D eigenvalue weighted by Gasteiger charge is 2.40. The van der Waals surface area contributed by atoms with Crippen molar-refractivity contribution in [2.75, 3.05) is 13.1 Å². The maximum atomic E-state index is 2.71. The normalized spacial score (nSPS) is 45.8. The van der Waals surface area contributed by atoms with E-state index < -0.39 is 0 Å². The summed E-state index contributed by atoms with van der Waals surface area (Å²) in [6.07, 6.45) is 5.77. The Morgan fingerprint density at radius 2 is 2.18 bits per heavy atom. The van der Waals surface area contributed by atoms with Crippen LogP contribution < -0.4 is 0 Å². The molecule has 0 aliphatic carbocycles. The molecule has 0 bridgehead atoms. The summed E-state index contributed by atoms with van der Waals surface area (Å²) in [5.41, 5.74) is 0.595. The summed E-state index contributed by atoms with van der Waals surface area (Å²) >= 11 is 0. The molecule has 2 unspecified atom stereocenters. The highest BCUT2D eigenvalue weighted by atomic mass is 15.2. The lowest BCUT2D eigenvalue weighted by Gasteiger charge is -2.39. The molecule has 11 heavy (non-hydrogen) atoms. The highest BCUT2D eigenvalue weighted by Crippen LogP contribution is 2.39. The molecule has 2 aliphatic rings. The summed E-state index contributed by atoms with van der Waals surface area (Å²) in [7, 11) is 0. The Labute approximate surface area is 69.8 Å². The molecular formula is C10H19N. The fourth-order valence-corrected chi connectivity index (χ4v) is 2.97. The van der Waals surface area contributed by atoms with Gasteiger partial charge in [0, 0.05) is 12.1 Å². The zero-order valence-corrected chi connectivity index (χ0v) is 7.77. The molecule has 0 amide bonds. The molecule has 0 N–H and O–H groups in total. The number of rotatable bonds is 0. The number of hydrogen-bond acceptors (Lipinski definition) is 1. The van der Waals surface area contributed by atoms with Crippen LogP contribution in [0.5, 0.6) is 0 Å². The fraction of sp³-hybridized carbons (Fsp3) is 1.00. The van der Waals surface area contributed by atoms with E-state index in [2.05, 4.69) is 18.7 Å². The van der Waals surface area contributed by atoms with E-state index in [1.165, 1.54) is 38.8 Å². The lowest BCUT2D eigenvalue weighted by molar-refractivity contribution is 0.107. The Kier molecular flexibility index (Phi) is 1.71. The molecule has 64 valence electrons. The fourth-order valence-electron chi connectivity index (χ4n) is 2.97. The Morgan fingerprint density at radius 1 is 1.36 bits per heavy atom. The summed E-state index contributed by atoms with van der Waals surface area (Å²) < 4.78 is 0. The molecule has 1 heteroatoms. The first kappa shape index (κ1) is 7.60. The van der Waals surface area contributed by atoms with E-state index in [1.54, 1.807) is 0 Å². The average Bonchev–Trinajstić information content (AvgIpc) is 2.22. The van der Waals surface area contributed by atoms with Gasteiger partial charge >= 0.3 is 0 Å². The van der Waals surface area contributed by atoms with Crippen molar-refractivity contribution in [1.29, 1.82) is 0 Å². The number of fused-ring (bicyclic) bond motifs is 1. The van der Waals surface area contributed by atoms with Crippen LogP contribution in [0, 0.1) is 5.92 Å². The Balaban J connectivity index is 2.11. The van der Waals surface area contributed by atoms with Crippen molar-refractivity contribution in [2.24, 2.45) is 5.92 Å². The second kappa shape index (κ2) is 2.48. The zero-order valence-electron chi connectivity index (χ0n) is 7.77. The third-order valence-corrected chi connectivity index (χ3v) is 3.48. The van der Waals surface area contributed by atoms with E-state index in [0.29, 0.717) is 5.54 Å². The second-order valence-electron chi connectivity index (χ2n) is 4.71. The minimum absolute atomic E-state index is 0.595. The molecule has 0 aromatic heterocycles. The minimum atomic E-state index is 0.595. The van der Waals surface area contributed by atoms with Crippen LogP contribution in [0.4, 0.5) is 0 Å². The standard InChI is InChI=1S/C10H19N/c1-9-7-10(2)5-3-4-6-11(10)8-9/h9H,3-8H2,1-2H3. The summed E-state index contributed by atoms with van der Waals surface area (Å²) in [5, 5.41) is 0. The van der Waals surface area contributed by atoms with Crippen molar-refractivity contribution in [3.63, 3.8) is 0 Å². The zero-order chi connectivity index (χ0) is 7.90. The smallest absolute Gasteiger partial charge is 0.0184 e. The number of hydrogen-bond donors (Lipinski definition) is 0. The van der Waals surface area contributed by atoms with Crippen LogP contribution in [0.3, 0.4) is 0 Å². The first-order chi connectivity index (χ1) is 5.21. The van der Waals surface area contributed by atoms with Crippen LogP contribution in [0.2, 0.25) is 0 Å². The second-order valence-corrected chi connectivity index (χ2v) is 4.71. The van der Waals surface area contributed by atoms with Gasteiger partial charge in [0.1, 0.15) is 0 Å². The third-order valence-electron chi connectivity index (χ3n) is 3.48. The van der Waals surface area contributed by atoms with Crippen LogP contribution >= 0.6 is 0 Å². The molecule has 0 spiro atoms. The van der Waals surface area contributed by atoms with Gasteiger partial charge < -0.3 is 0 Å². The van der Waals surface area contributed by atoms with Crippen LogP contribution in [0.25, 0.3) is 0 Å². The first-order valence-corrected chi connectivity index (χ1v) is 4.96. The first-order valence-electron chi connectivity index (χ1n) is 4.96. The Bertz CT molecular complexity index is 155. The van der Waals surface area contributed by atoms with E-state index in [4.69, 9.17) is 0 Å². The van der Waals surface area contributed by atoms with E-state index in [9.17, 15) is 0 Å². The lowest BCUT2D eigenvalue weighted by Crippen LogP contribution is -2.44.